The molecule has 120 valence electrons. The molecule has 1 heterocycles. The summed E-state index contributed by atoms with van der Waals surface area (Å²) in [5.74, 6) is 1.64. The van der Waals surface area contributed by atoms with Crippen molar-refractivity contribution in [2.75, 3.05) is 10.7 Å². The lowest BCUT2D eigenvalue weighted by Crippen LogP contribution is -2.37. The van der Waals surface area contributed by atoms with Crippen LogP contribution in [0.5, 0.6) is 0 Å². The molecule has 0 radical (unpaired) electrons. The van der Waals surface area contributed by atoms with E-state index in [0.717, 1.165) is 17.9 Å². The van der Waals surface area contributed by atoms with Gasteiger partial charge in [-0.25, -0.2) is 0 Å². The number of rotatable bonds is 4. The van der Waals surface area contributed by atoms with Gasteiger partial charge >= 0.3 is 0 Å². The Bertz CT molecular complexity index is 705. The van der Waals surface area contributed by atoms with E-state index in [1.165, 1.54) is 22.3 Å². The van der Waals surface area contributed by atoms with E-state index in [9.17, 15) is 4.79 Å². The van der Waals surface area contributed by atoms with Crippen LogP contribution in [-0.2, 0) is 17.0 Å². The topological polar surface area (TPSA) is 20.3 Å². The molecule has 3 rings (SSSR count). The fourth-order valence-electron chi connectivity index (χ4n) is 3.42. The number of aryl methyl sites for hydroxylation is 2. The van der Waals surface area contributed by atoms with E-state index in [-0.39, 0.29) is 11.9 Å². The predicted molar refractivity (Wildman–Crippen MR) is 99.2 cm³/mol. The van der Waals surface area contributed by atoms with Crippen molar-refractivity contribution < 1.29 is 4.79 Å². The first-order valence-corrected chi connectivity index (χ1v) is 9.25. The normalized spacial score (nSPS) is 16.5. The first-order valence-electron chi connectivity index (χ1n) is 8.09. The molecule has 2 aromatic rings. The summed E-state index contributed by atoms with van der Waals surface area (Å²) in [6.45, 7) is 6.37. The minimum atomic E-state index is 0.219. The number of hydrogen-bond acceptors (Lipinski definition) is 2. The Labute approximate surface area is 142 Å². The molecule has 2 nitrogen and oxygen atoms in total. The second kappa shape index (κ2) is 6.79. The number of anilines is 1. The van der Waals surface area contributed by atoms with E-state index in [2.05, 4.69) is 51.1 Å². The number of fused-ring (bicyclic) bond motifs is 1. The van der Waals surface area contributed by atoms with Crippen LogP contribution in [0.4, 0.5) is 5.69 Å². The number of nitrogens with zero attached hydrogens (tertiary/aromatic N) is 1. The summed E-state index contributed by atoms with van der Waals surface area (Å²) in [5.41, 5.74) is 6.25. The summed E-state index contributed by atoms with van der Waals surface area (Å²) >= 11 is 1.70. The van der Waals surface area contributed by atoms with Crippen molar-refractivity contribution in [3.63, 3.8) is 0 Å². The molecule has 2 aromatic carbocycles. The Morgan fingerprint density at radius 3 is 2.61 bits per heavy atom. The lowest BCUT2D eigenvalue weighted by molar-refractivity contribution is -0.116. The molecule has 1 aliphatic heterocycles. The van der Waals surface area contributed by atoms with Gasteiger partial charge in [-0.3, -0.25) is 4.79 Å². The van der Waals surface area contributed by atoms with Crippen LogP contribution in [0.3, 0.4) is 0 Å². The van der Waals surface area contributed by atoms with Gasteiger partial charge in [0.15, 0.2) is 0 Å². The second-order valence-corrected chi connectivity index (χ2v) is 7.42. The molecule has 0 aliphatic carbocycles. The number of thioether (sulfide) groups is 1. The molecule has 3 heteroatoms. The van der Waals surface area contributed by atoms with Crippen molar-refractivity contribution in [3.8, 4) is 0 Å². The molecular formula is C20H23NOS. The summed E-state index contributed by atoms with van der Waals surface area (Å²) in [7, 11) is 0. The Morgan fingerprint density at radius 1 is 1.17 bits per heavy atom. The van der Waals surface area contributed by atoms with Crippen LogP contribution in [-0.4, -0.2) is 17.7 Å². The Hall–Kier alpha value is -1.74. The maximum Gasteiger partial charge on any atom is 0.237 e. The molecule has 0 aromatic heterocycles. The summed E-state index contributed by atoms with van der Waals surface area (Å²) in [6, 6.07) is 15.1. The van der Waals surface area contributed by atoms with Crippen molar-refractivity contribution >= 4 is 23.4 Å². The number of amides is 1. The number of carbonyl (C=O) groups excluding carboxylic acids is 1. The van der Waals surface area contributed by atoms with Crippen LogP contribution < -0.4 is 4.90 Å². The van der Waals surface area contributed by atoms with Crippen molar-refractivity contribution in [2.24, 2.45) is 0 Å². The number of benzene rings is 2. The van der Waals surface area contributed by atoms with Gasteiger partial charge in [-0.2, -0.15) is 0 Å². The van der Waals surface area contributed by atoms with E-state index < -0.39 is 0 Å². The monoisotopic (exact) mass is 325 g/mol. The van der Waals surface area contributed by atoms with Gasteiger partial charge in [0.2, 0.25) is 5.91 Å². The lowest BCUT2D eigenvalue weighted by atomic mass is 10.1. The van der Waals surface area contributed by atoms with E-state index >= 15 is 0 Å². The van der Waals surface area contributed by atoms with E-state index in [1.54, 1.807) is 11.8 Å². The van der Waals surface area contributed by atoms with Gasteiger partial charge < -0.3 is 4.90 Å². The van der Waals surface area contributed by atoms with Gasteiger partial charge in [0.05, 0.1) is 5.75 Å². The van der Waals surface area contributed by atoms with Crippen molar-refractivity contribution in [1.29, 1.82) is 0 Å². The molecule has 23 heavy (non-hydrogen) atoms. The molecule has 0 saturated carbocycles. The van der Waals surface area contributed by atoms with Crippen LogP contribution in [0.1, 0.15) is 29.2 Å². The SMILES string of the molecule is Cc1cc(C)cc(CSCC(=O)N2c3ccccc3CC2C)c1. The highest BCUT2D eigenvalue weighted by atomic mass is 32.2. The quantitative estimate of drug-likeness (QED) is 0.824. The molecule has 0 fully saturated rings. The van der Waals surface area contributed by atoms with E-state index in [1.807, 2.05) is 17.0 Å². The highest BCUT2D eigenvalue weighted by Gasteiger charge is 2.30. The van der Waals surface area contributed by atoms with Crippen LogP contribution in [0.2, 0.25) is 0 Å². The van der Waals surface area contributed by atoms with Crippen LogP contribution in [0, 0.1) is 13.8 Å². The van der Waals surface area contributed by atoms with Crippen molar-refractivity contribution in [3.05, 3.63) is 64.7 Å². The molecule has 1 atom stereocenters. The third-order valence-corrected chi connectivity index (χ3v) is 5.24. The Morgan fingerprint density at radius 2 is 1.87 bits per heavy atom. The summed E-state index contributed by atoms with van der Waals surface area (Å²) < 4.78 is 0. The second-order valence-electron chi connectivity index (χ2n) is 6.43. The molecule has 0 saturated heterocycles. The van der Waals surface area contributed by atoms with Gasteiger partial charge in [0.1, 0.15) is 0 Å². The largest absolute Gasteiger partial charge is 0.308 e. The van der Waals surface area contributed by atoms with Crippen LogP contribution in [0.15, 0.2) is 42.5 Å². The van der Waals surface area contributed by atoms with Crippen molar-refractivity contribution in [2.45, 2.75) is 39.0 Å². The van der Waals surface area contributed by atoms with Crippen LogP contribution >= 0.6 is 11.8 Å². The maximum atomic E-state index is 12.6. The maximum absolute atomic E-state index is 12.6. The smallest absolute Gasteiger partial charge is 0.237 e. The average Bonchev–Trinajstić information content (AvgIpc) is 2.82. The molecule has 0 N–H and O–H groups in total. The van der Waals surface area contributed by atoms with Crippen LogP contribution in [0.25, 0.3) is 0 Å². The molecule has 1 amide bonds. The molecule has 1 unspecified atom stereocenters. The van der Waals surface area contributed by atoms with E-state index in [0.29, 0.717) is 5.75 Å². The molecule has 1 aliphatic rings. The highest BCUT2D eigenvalue weighted by molar-refractivity contribution is 7.99. The third kappa shape index (κ3) is 3.61. The minimum Gasteiger partial charge on any atom is -0.308 e. The first-order chi connectivity index (χ1) is 11.0. The molecular weight excluding hydrogens is 302 g/mol. The minimum absolute atomic E-state index is 0.219. The Balaban J connectivity index is 1.62. The first kappa shape index (κ1) is 16.1. The summed E-state index contributed by atoms with van der Waals surface area (Å²) in [6.07, 6.45) is 0.962. The molecule has 0 spiro atoms. The van der Waals surface area contributed by atoms with E-state index in [4.69, 9.17) is 0 Å². The van der Waals surface area contributed by atoms with Gasteiger partial charge in [0.25, 0.3) is 0 Å². The van der Waals surface area contributed by atoms with Gasteiger partial charge in [-0.15, -0.1) is 11.8 Å². The zero-order valence-corrected chi connectivity index (χ0v) is 14.8. The lowest BCUT2D eigenvalue weighted by Gasteiger charge is -2.22. The molecule has 0 bridgehead atoms. The zero-order chi connectivity index (χ0) is 16.4. The standard InChI is InChI=1S/C20H23NOS/c1-14-8-15(2)10-17(9-14)12-23-13-20(22)21-16(3)11-18-6-4-5-7-19(18)21/h4-10,16H,11-13H2,1-3H3. The number of hydrogen-bond donors (Lipinski definition) is 0. The number of para-hydroxylation sites is 1. The zero-order valence-electron chi connectivity index (χ0n) is 14.0. The Kier molecular flexibility index (Phi) is 4.76. The number of carbonyl (C=O) groups is 1. The summed E-state index contributed by atoms with van der Waals surface area (Å²) in [5, 5.41) is 0. The van der Waals surface area contributed by atoms with Gasteiger partial charge in [-0.1, -0.05) is 47.5 Å². The predicted octanol–water partition coefficient (Wildman–Crippen LogP) is 4.51. The third-order valence-electron chi connectivity index (χ3n) is 4.25. The van der Waals surface area contributed by atoms with Gasteiger partial charge in [0, 0.05) is 17.5 Å². The summed E-state index contributed by atoms with van der Waals surface area (Å²) in [4.78, 5) is 14.6. The highest BCUT2D eigenvalue weighted by Crippen LogP contribution is 2.32. The van der Waals surface area contributed by atoms with Crippen molar-refractivity contribution in [1.82, 2.24) is 0 Å². The van der Waals surface area contributed by atoms with Gasteiger partial charge in [-0.05, 0) is 44.4 Å². The average molecular weight is 325 g/mol. The fourth-order valence-corrected chi connectivity index (χ4v) is 4.24. The fraction of sp³-hybridized carbons (Fsp3) is 0.350.